The van der Waals surface area contributed by atoms with Crippen LogP contribution < -0.4 is 4.68 Å². The van der Waals surface area contributed by atoms with Gasteiger partial charge in [-0.3, -0.25) is 0 Å². The minimum atomic E-state index is -2.72. The zero-order chi connectivity index (χ0) is 13.9. The Labute approximate surface area is 106 Å². The van der Waals surface area contributed by atoms with Gasteiger partial charge in [-0.15, -0.1) is 23.9 Å². The van der Waals surface area contributed by atoms with Gasteiger partial charge in [0, 0.05) is 12.5 Å². The number of nitrogens with zero attached hydrogens (tertiary/aromatic N) is 6. The van der Waals surface area contributed by atoms with Crippen LogP contribution in [0.25, 0.3) is 0 Å². The Kier molecular flexibility index (Phi) is 6.95. The van der Waals surface area contributed by atoms with E-state index < -0.39 is 6.15 Å². The van der Waals surface area contributed by atoms with Crippen LogP contribution in [0.1, 0.15) is 13.3 Å². The molecule has 1 heterocycles. The summed E-state index contributed by atoms with van der Waals surface area (Å²) in [4.78, 5) is 0. The molecule has 1 rings (SSSR count). The largest absolute Gasteiger partial charge is 0.383 e. The van der Waals surface area contributed by atoms with Crippen LogP contribution in [0.4, 0.5) is 0 Å². The van der Waals surface area contributed by atoms with Crippen LogP contribution in [0, 0.1) is 44.9 Å². The van der Waals surface area contributed by atoms with Crippen molar-refractivity contribution in [2.75, 3.05) is 0 Å². The number of aromatic nitrogens is 2. The van der Waals surface area contributed by atoms with E-state index in [4.69, 9.17) is 21.0 Å². The molecule has 0 amide bonds. The summed E-state index contributed by atoms with van der Waals surface area (Å²) in [7, 11) is 0. The molecule has 6 nitrogen and oxygen atoms in total. The Bertz CT molecular complexity index is 466. The van der Waals surface area contributed by atoms with Gasteiger partial charge in [-0.2, -0.15) is 0 Å². The molecule has 0 saturated carbocycles. The molecular formula is C11H11BN6. The van der Waals surface area contributed by atoms with Gasteiger partial charge >= 0.3 is 6.15 Å². The number of nitriles is 4. The molecule has 0 aliphatic heterocycles. The molecule has 0 bridgehead atoms. The van der Waals surface area contributed by atoms with Gasteiger partial charge in [-0.05, 0) is 11.2 Å². The third-order valence-electron chi connectivity index (χ3n) is 1.90. The van der Waals surface area contributed by atoms with Crippen molar-refractivity contribution in [3.8, 4) is 23.9 Å². The fourth-order valence-corrected chi connectivity index (χ4v) is 0.896. The van der Waals surface area contributed by atoms with Crippen molar-refractivity contribution < 1.29 is 4.68 Å². The molecule has 0 unspecified atom stereocenters. The maximum atomic E-state index is 8.09. The lowest BCUT2D eigenvalue weighted by Gasteiger charge is -1.98. The second-order valence-corrected chi connectivity index (χ2v) is 3.34. The third kappa shape index (κ3) is 4.75. The molecule has 0 aliphatic carbocycles. The van der Waals surface area contributed by atoms with Crippen LogP contribution in [-0.2, 0) is 6.54 Å². The Hall–Kier alpha value is -2.90. The van der Waals surface area contributed by atoms with Crippen molar-refractivity contribution in [1.29, 1.82) is 21.0 Å². The van der Waals surface area contributed by atoms with Gasteiger partial charge in [0.25, 0.3) is 0 Å². The fourth-order valence-electron chi connectivity index (χ4n) is 0.896. The van der Waals surface area contributed by atoms with E-state index in [0.717, 1.165) is 13.0 Å². The maximum Gasteiger partial charge on any atom is 0.383 e. The number of rotatable bonds is 2. The molecule has 88 valence electrons. The minimum absolute atomic E-state index is 1.01. The highest BCUT2D eigenvalue weighted by molar-refractivity contribution is 7.05. The third-order valence-corrected chi connectivity index (χ3v) is 1.90. The molecule has 1 aromatic heterocycles. The van der Waals surface area contributed by atoms with Crippen LogP contribution in [-0.4, -0.2) is 11.2 Å². The highest BCUT2D eigenvalue weighted by atomic mass is 15.2. The van der Waals surface area contributed by atoms with E-state index in [1.165, 1.54) is 23.9 Å². The molecule has 0 aromatic carbocycles. The van der Waals surface area contributed by atoms with Crippen LogP contribution in [0.3, 0.4) is 0 Å². The summed E-state index contributed by atoms with van der Waals surface area (Å²) in [6, 6.07) is 3.91. The van der Waals surface area contributed by atoms with Crippen LogP contribution in [0.15, 0.2) is 24.5 Å². The molecule has 0 N–H and O–H groups in total. The lowest BCUT2D eigenvalue weighted by Crippen LogP contribution is -2.36. The summed E-state index contributed by atoms with van der Waals surface area (Å²) in [5.41, 5.74) is 0. The quantitative estimate of drug-likeness (QED) is 0.548. The monoisotopic (exact) mass is 238 g/mol. The summed E-state index contributed by atoms with van der Waals surface area (Å²) in [6.07, 6.45) is 2.20. The topological polar surface area (TPSA) is 112 Å². The SMILES string of the molecule is CCC[n+]1ccccn1.N#C[B-](C#N)(C#N)C#N. The normalized spacial score (nSPS) is 8.50. The molecule has 7 heteroatoms. The maximum absolute atomic E-state index is 8.09. The van der Waals surface area contributed by atoms with E-state index in [0.29, 0.717) is 0 Å². The molecule has 0 fully saturated rings. The molecule has 0 radical (unpaired) electrons. The molecule has 0 saturated heterocycles. The summed E-state index contributed by atoms with van der Waals surface area (Å²) >= 11 is 0. The summed E-state index contributed by atoms with van der Waals surface area (Å²) in [6.45, 7) is 3.16. The van der Waals surface area contributed by atoms with Gasteiger partial charge in [-0.1, -0.05) is 11.6 Å². The molecule has 0 aliphatic rings. The Morgan fingerprint density at radius 1 is 1.06 bits per heavy atom. The first kappa shape index (κ1) is 15.1. The van der Waals surface area contributed by atoms with Crippen LogP contribution in [0.2, 0.25) is 0 Å². The summed E-state index contributed by atoms with van der Waals surface area (Å²) in [5, 5.41) is 36.4. The van der Waals surface area contributed by atoms with Crippen LogP contribution in [0.5, 0.6) is 0 Å². The van der Waals surface area contributed by atoms with Crippen molar-refractivity contribution in [3.05, 3.63) is 24.5 Å². The van der Waals surface area contributed by atoms with Crippen LogP contribution >= 0.6 is 0 Å². The predicted octanol–water partition coefficient (Wildman–Crippen LogP) is 0.465. The Balaban J connectivity index is 0.000000321. The van der Waals surface area contributed by atoms with E-state index in [9.17, 15) is 0 Å². The standard InChI is InChI=1S/C7H11N2.C4BN4/c1-2-6-9-7-4-3-5-8-9;6-1-5(2-7,3-8)4-9/h3-5,7H,2,6H2,1H3;/q+1;-1. The first-order valence-electron chi connectivity index (χ1n) is 5.29. The van der Waals surface area contributed by atoms with E-state index in [1.807, 2.05) is 23.0 Å². The first-order chi connectivity index (χ1) is 8.67. The van der Waals surface area contributed by atoms with Gasteiger partial charge in [0.15, 0.2) is 12.7 Å². The number of hydrogen-bond donors (Lipinski definition) is 0. The van der Waals surface area contributed by atoms with E-state index in [2.05, 4.69) is 12.0 Å². The van der Waals surface area contributed by atoms with Gasteiger partial charge in [-0.25, -0.2) is 21.0 Å². The Morgan fingerprint density at radius 3 is 1.89 bits per heavy atom. The molecule has 18 heavy (non-hydrogen) atoms. The molecule has 0 spiro atoms. The average molecular weight is 238 g/mol. The number of hydrogen-bond acceptors (Lipinski definition) is 5. The van der Waals surface area contributed by atoms with Gasteiger partial charge in [0.05, 0.1) is 6.20 Å². The lowest BCUT2D eigenvalue weighted by atomic mass is 9.30. The zero-order valence-corrected chi connectivity index (χ0v) is 9.98. The van der Waals surface area contributed by atoms with Crippen molar-refractivity contribution in [2.24, 2.45) is 0 Å². The Morgan fingerprint density at radius 2 is 1.61 bits per heavy atom. The number of aryl methyl sites for hydroxylation is 1. The lowest BCUT2D eigenvalue weighted by molar-refractivity contribution is -0.753. The van der Waals surface area contributed by atoms with Crippen molar-refractivity contribution in [2.45, 2.75) is 19.9 Å². The van der Waals surface area contributed by atoms with Crippen molar-refractivity contribution in [1.82, 2.24) is 5.10 Å². The molecule has 1 aromatic rings. The molecule has 0 atom stereocenters. The predicted molar refractivity (Wildman–Crippen MR) is 62.9 cm³/mol. The zero-order valence-electron chi connectivity index (χ0n) is 9.98. The second-order valence-electron chi connectivity index (χ2n) is 3.34. The van der Waals surface area contributed by atoms with E-state index in [1.54, 1.807) is 6.20 Å². The highest BCUT2D eigenvalue weighted by Crippen LogP contribution is 1.92. The van der Waals surface area contributed by atoms with E-state index in [-0.39, 0.29) is 0 Å². The van der Waals surface area contributed by atoms with Gasteiger partial charge in [0.1, 0.15) is 0 Å². The average Bonchev–Trinajstić information content (AvgIpc) is 2.44. The summed E-state index contributed by atoms with van der Waals surface area (Å²) < 4.78 is 1.93. The highest BCUT2D eigenvalue weighted by Gasteiger charge is 2.22. The second kappa shape index (κ2) is 8.28. The first-order valence-corrected chi connectivity index (χ1v) is 5.29. The minimum Gasteiger partial charge on any atom is -0.245 e. The fraction of sp³-hybridized carbons (Fsp3) is 0.273. The van der Waals surface area contributed by atoms with E-state index >= 15 is 0 Å². The van der Waals surface area contributed by atoms with Gasteiger partial charge in [0.2, 0.25) is 0 Å². The molecular weight excluding hydrogens is 227 g/mol. The smallest absolute Gasteiger partial charge is 0.245 e. The van der Waals surface area contributed by atoms with Crippen molar-refractivity contribution >= 4 is 6.15 Å². The summed E-state index contributed by atoms with van der Waals surface area (Å²) in [5.74, 6) is 5.38. The van der Waals surface area contributed by atoms with Gasteiger partial charge < -0.3 is 0 Å². The van der Waals surface area contributed by atoms with Crippen molar-refractivity contribution in [3.63, 3.8) is 0 Å².